The van der Waals surface area contributed by atoms with Crippen LogP contribution in [0.1, 0.15) is 60.4 Å². The molecule has 3 rings (SSSR count). The maximum absolute atomic E-state index is 11.7. The third kappa shape index (κ3) is 4.27. The van der Waals surface area contributed by atoms with Crippen LogP contribution < -0.4 is 5.32 Å². The van der Waals surface area contributed by atoms with Crippen molar-refractivity contribution in [2.75, 3.05) is 6.54 Å². The highest BCUT2D eigenvalue weighted by molar-refractivity contribution is 5.67. The van der Waals surface area contributed by atoms with Crippen LogP contribution in [0, 0.1) is 6.92 Å². The van der Waals surface area contributed by atoms with Crippen molar-refractivity contribution in [1.29, 1.82) is 0 Å². The molecule has 3 nitrogen and oxygen atoms in total. The maximum Gasteiger partial charge on any atom is 0.407 e. The third-order valence-electron chi connectivity index (χ3n) is 5.18. The van der Waals surface area contributed by atoms with Gasteiger partial charge in [-0.05, 0) is 74.3 Å². The lowest BCUT2D eigenvalue weighted by molar-refractivity contribution is 0.115. The molecule has 0 aromatic heterocycles. The SMILES string of the molecule is Cc1cccc2c1CCc1ccccc1C2CCCNC(=O)OC(C)C. The topological polar surface area (TPSA) is 38.3 Å². The Balaban J connectivity index is 1.75. The number of rotatable bonds is 5. The van der Waals surface area contributed by atoms with Crippen LogP contribution in [0.15, 0.2) is 42.5 Å². The maximum atomic E-state index is 11.7. The zero-order valence-corrected chi connectivity index (χ0v) is 16.0. The quantitative estimate of drug-likeness (QED) is 0.758. The number of ether oxygens (including phenoxy) is 1. The van der Waals surface area contributed by atoms with Gasteiger partial charge in [0.2, 0.25) is 0 Å². The van der Waals surface area contributed by atoms with Gasteiger partial charge in [0.25, 0.3) is 0 Å². The fourth-order valence-electron chi connectivity index (χ4n) is 3.99. The van der Waals surface area contributed by atoms with Gasteiger partial charge in [0.05, 0.1) is 6.10 Å². The molecular weight excluding hydrogens is 322 g/mol. The van der Waals surface area contributed by atoms with Crippen molar-refractivity contribution in [3.63, 3.8) is 0 Å². The van der Waals surface area contributed by atoms with E-state index in [2.05, 4.69) is 54.7 Å². The molecule has 2 aromatic rings. The molecule has 1 amide bonds. The lowest BCUT2D eigenvalue weighted by atomic mass is 9.84. The summed E-state index contributed by atoms with van der Waals surface area (Å²) in [4.78, 5) is 11.7. The molecule has 0 fully saturated rings. The standard InChI is InChI=1S/C23H29NO2/c1-16(2)26-23(25)24-15-7-12-22-20-10-5-4-9-18(20)13-14-19-17(3)8-6-11-21(19)22/h4-6,8-11,16,22H,7,12-15H2,1-3H3,(H,24,25). The van der Waals surface area contributed by atoms with Gasteiger partial charge < -0.3 is 10.1 Å². The summed E-state index contributed by atoms with van der Waals surface area (Å²) in [5.74, 6) is 0.395. The molecule has 0 saturated heterocycles. The van der Waals surface area contributed by atoms with Gasteiger partial charge in [-0.15, -0.1) is 0 Å². The summed E-state index contributed by atoms with van der Waals surface area (Å²) in [5, 5.41) is 2.87. The smallest absolute Gasteiger partial charge is 0.407 e. The first-order valence-corrected chi connectivity index (χ1v) is 9.67. The number of nitrogens with one attached hydrogen (secondary N) is 1. The molecule has 0 radical (unpaired) electrons. The first-order chi connectivity index (χ1) is 12.6. The Morgan fingerprint density at radius 2 is 1.88 bits per heavy atom. The number of carbonyl (C=O) groups excluding carboxylic acids is 1. The molecule has 1 aliphatic carbocycles. The Morgan fingerprint density at radius 3 is 2.69 bits per heavy atom. The predicted octanol–water partition coefficient (Wildman–Crippen LogP) is 5.14. The summed E-state index contributed by atoms with van der Waals surface area (Å²) in [7, 11) is 0. The number of aryl methyl sites for hydroxylation is 2. The van der Waals surface area contributed by atoms with Gasteiger partial charge in [-0.25, -0.2) is 4.79 Å². The predicted molar refractivity (Wildman–Crippen MR) is 106 cm³/mol. The normalized spacial score (nSPS) is 15.8. The van der Waals surface area contributed by atoms with Crippen molar-refractivity contribution in [3.05, 3.63) is 70.3 Å². The monoisotopic (exact) mass is 351 g/mol. The minimum atomic E-state index is -0.322. The van der Waals surface area contributed by atoms with Crippen LogP contribution in [0.2, 0.25) is 0 Å². The average molecular weight is 351 g/mol. The van der Waals surface area contributed by atoms with E-state index in [9.17, 15) is 4.79 Å². The summed E-state index contributed by atoms with van der Waals surface area (Å²) in [6, 6.07) is 15.5. The summed E-state index contributed by atoms with van der Waals surface area (Å²) in [6.45, 7) is 6.59. The molecule has 1 N–H and O–H groups in total. The number of amides is 1. The van der Waals surface area contributed by atoms with Crippen molar-refractivity contribution < 1.29 is 9.53 Å². The zero-order valence-electron chi connectivity index (χ0n) is 16.0. The van der Waals surface area contributed by atoms with Gasteiger partial charge in [0.15, 0.2) is 0 Å². The highest BCUT2D eigenvalue weighted by Crippen LogP contribution is 2.38. The van der Waals surface area contributed by atoms with E-state index in [-0.39, 0.29) is 12.2 Å². The van der Waals surface area contributed by atoms with Gasteiger partial charge in [-0.3, -0.25) is 0 Å². The van der Waals surface area contributed by atoms with Gasteiger partial charge in [0, 0.05) is 12.5 Å². The fraction of sp³-hybridized carbons (Fsp3) is 0.435. The Morgan fingerprint density at radius 1 is 1.12 bits per heavy atom. The van der Waals surface area contributed by atoms with Crippen molar-refractivity contribution in [2.24, 2.45) is 0 Å². The molecule has 26 heavy (non-hydrogen) atoms. The summed E-state index contributed by atoms with van der Waals surface area (Å²) in [6.07, 6.45) is 3.75. The summed E-state index contributed by atoms with van der Waals surface area (Å²) < 4.78 is 5.14. The molecule has 1 aliphatic rings. The number of carbonyl (C=O) groups is 1. The van der Waals surface area contributed by atoms with Gasteiger partial charge in [-0.1, -0.05) is 42.5 Å². The van der Waals surface area contributed by atoms with E-state index in [0.29, 0.717) is 12.5 Å². The Kier molecular flexibility index (Phi) is 5.97. The molecule has 0 bridgehead atoms. The summed E-state index contributed by atoms with van der Waals surface area (Å²) in [5.41, 5.74) is 7.25. The van der Waals surface area contributed by atoms with Crippen LogP contribution in [0.3, 0.4) is 0 Å². The number of fused-ring (bicyclic) bond motifs is 2. The second-order valence-electron chi connectivity index (χ2n) is 7.42. The molecule has 1 unspecified atom stereocenters. The van der Waals surface area contributed by atoms with Crippen LogP contribution in [-0.4, -0.2) is 18.7 Å². The lowest BCUT2D eigenvalue weighted by Gasteiger charge is -2.21. The van der Waals surface area contributed by atoms with Crippen molar-refractivity contribution in [1.82, 2.24) is 5.32 Å². The molecule has 0 saturated carbocycles. The van der Waals surface area contributed by atoms with E-state index >= 15 is 0 Å². The van der Waals surface area contributed by atoms with Crippen LogP contribution in [0.25, 0.3) is 0 Å². The van der Waals surface area contributed by atoms with Crippen LogP contribution in [0.5, 0.6) is 0 Å². The van der Waals surface area contributed by atoms with E-state index in [4.69, 9.17) is 4.74 Å². The van der Waals surface area contributed by atoms with E-state index < -0.39 is 0 Å². The lowest BCUT2D eigenvalue weighted by Crippen LogP contribution is -2.27. The second kappa shape index (κ2) is 8.39. The Bertz CT molecular complexity index is 767. The van der Waals surface area contributed by atoms with Crippen LogP contribution in [0.4, 0.5) is 4.79 Å². The first-order valence-electron chi connectivity index (χ1n) is 9.67. The van der Waals surface area contributed by atoms with E-state index in [1.54, 1.807) is 0 Å². The fourth-order valence-corrected chi connectivity index (χ4v) is 3.99. The van der Waals surface area contributed by atoms with Crippen LogP contribution >= 0.6 is 0 Å². The first kappa shape index (κ1) is 18.5. The largest absolute Gasteiger partial charge is 0.447 e. The van der Waals surface area contributed by atoms with Crippen molar-refractivity contribution >= 4 is 6.09 Å². The van der Waals surface area contributed by atoms with Gasteiger partial charge in [0.1, 0.15) is 0 Å². The minimum Gasteiger partial charge on any atom is -0.447 e. The van der Waals surface area contributed by atoms with Gasteiger partial charge >= 0.3 is 6.09 Å². The summed E-state index contributed by atoms with van der Waals surface area (Å²) >= 11 is 0. The molecule has 0 heterocycles. The number of alkyl carbamates (subject to hydrolysis) is 1. The Hall–Kier alpha value is -2.29. The minimum absolute atomic E-state index is 0.0846. The number of hydrogen-bond donors (Lipinski definition) is 1. The van der Waals surface area contributed by atoms with Crippen molar-refractivity contribution in [2.45, 2.75) is 58.5 Å². The molecular formula is C23H29NO2. The Labute approximate surface area is 156 Å². The van der Waals surface area contributed by atoms with E-state index in [1.165, 1.54) is 27.8 Å². The third-order valence-corrected chi connectivity index (χ3v) is 5.18. The molecule has 138 valence electrons. The van der Waals surface area contributed by atoms with Crippen molar-refractivity contribution in [3.8, 4) is 0 Å². The van der Waals surface area contributed by atoms with E-state index in [1.807, 2.05) is 13.8 Å². The molecule has 0 spiro atoms. The molecule has 0 aliphatic heterocycles. The highest BCUT2D eigenvalue weighted by atomic mass is 16.6. The van der Waals surface area contributed by atoms with Gasteiger partial charge in [-0.2, -0.15) is 0 Å². The average Bonchev–Trinajstić information content (AvgIpc) is 2.76. The van der Waals surface area contributed by atoms with Crippen LogP contribution in [-0.2, 0) is 17.6 Å². The second-order valence-corrected chi connectivity index (χ2v) is 7.42. The van der Waals surface area contributed by atoms with E-state index in [0.717, 1.165) is 25.7 Å². The molecule has 3 heteroatoms. The highest BCUT2D eigenvalue weighted by Gasteiger charge is 2.23. The molecule has 2 aromatic carbocycles. The number of hydrogen-bond acceptors (Lipinski definition) is 2. The zero-order chi connectivity index (χ0) is 18.5. The number of benzene rings is 2. The molecule has 1 atom stereocenters.